The first kappa shape index (κ1) is 26.9. The zero-order chi connectivity index (χ0) is 27.9. The van der Waals surface area contributed by atoms with E-state index in [1.54, 1.807) is 13.3 Å². The Hall–Kier alpha value is -3.35. The summed E-state index contributed by atoms with van der Waals surface area (Å²) in [4.78, 5) is 24.2. The predicted molar refractivity (Wildman–Crippen MR) is 152 cm³/mol. The number of halogens is 2. The van der Waals surface area contributed by atoms with Crippen molar-refractivity contribution in [3.63, 3.8) is 0 Å². The minimum atomic E-state index is -2.74. The summed E-state index contributed by atoms with van der Waals surface area (Å²) >= 11 is 0. The number of hydrogen-bond acceptors (Lipinski definition) is 4. The van der Waals surface area contributed by atoms with E-state index in [0.717, 1.165) is 48.2 Å². The number of pyridine rings is 2. The average molecular weight is 546 g/mol. The van der Waals surface area contributed by atoms with Crippen LogP contribution < -0.4 is 9.64 Å². The van der Waals surface area contributed by atoms with Gasteiger partial charge in [-0.2, -0.15) is 0 Å². The van der Waals surface area contributed by atoms with Gasteiger partial charge in [-0.15, -0.1) is 0 Å². The maximum absolute atomic E-state index is 13.8. The van der Waals surface area contributed by atoms with Crippen LogP contribution in [0.3, 0.4) is 0 Å². The molecular weight excluding hydrogens is 508 g/mol. The number of alkyl halides is 2. The molecular formula is C33H37F2N3O2. The molecule has 40 heavy (non-hydrogen) atoms. The van der Waals surface area contributed by atoms with E-state index in [0.29, 0.717) is 24.3 Å². The Bertz CT molecular complexity index is 1390. The lowest BCUT2D eigenvalue weighted by atomic mass is 9.56. The molecule has 3 atom stereocenters. The third-order valence-electron chi connectivity index (χ3n) is 9.61. The van der Waals surface area contributed by atoms with Crippen LogP contribution in [0.2, 0.25) is 0 Å². The molecule has 2 heterocycles. The molecule has 3 aliphatic rings. The normalized spacial score (nSPS) is 25.6. The van der Waals surface area contributed by atoms with Crippen molar-refractivity contribution in [1.29, 1.82) is 0 Å². The number of methoxy groups -OCH3 is 1. The number of ether oxygens (including phenoxy) is 1. The second kappa shape index (κ2) is 10.6. The van der Waals surface area contributed by atoms with E-state index < -0.39 is 11.8 Å². The third-order valence-corrected chi connectivity index (χ3v) is 9.61. The predicted octanol–water partition coefficient (Wildman–Crippen LogP) is 7.38. The lowest BCUT2D eigenvalue weighted by Crippen LogP contribution is -2.50. The van der Waals surface area contributed by atoms with Crippen molar-refractivity contribution in [2.45, 2.75) is 69.6 Å². The lowest BCUT2D eigenvalue weighted by molar-refractivity contribution is -0.148. The van der Waals surface area contributed by atoms with Crippen molar-refractivity contribution >= 4 is 11.6 Å². The van der Waals surface area contributed by atoms with Gasteiger partial charge in [0.05, 0.1) is 7.11 Å². The molecule has 7 heteroatoms. The number of benzene rings is 1. The van der Waals surface area contributed by atoms with Crippen LogP contribution in [0.5, 0.6) is 5.88 Å². The molecule has 3 fully saturated rings. The summed E-state index contributed by atoms with van der Waals surface area (Å²) in [6.07, 6.45) is 9.64. The van der Waals surface area contributed by atoms with Gasteiger partial charge >= 0.3 is 0 Å². The molecule has 6 rings (SSSR count). The molecule has 0 radical (unpaired) electrons. The first-order valence-corrected chi connectivity index (χ1v) is 14.5. The fourth-order valence-electron chi connectivity index (χ4n) is 7.43. The van der Waals surface area contributed by atoms with Gasteiger partial charge in [0.25, 0.3) is 0 Å². The highest BCUT2D eigenvalue weighted by Gasteiger charge is 2.51. The monoisotopic (exact) mass is 545 g/mol. The Kier molecular flexibility index (Phi) is 7.09. The molecule has 0 N–H and O–H groups in total. The molecule has 0 saturated heterocycles. The summed E-state index contributed by atoms with van der Waals surface area (Å²) < 4.78 is 33.0. The number of nitrogens with zero attached hydrogens (tertiary/aromatic N) is 3. The van der Waals surface area contributed by atoms with E-state index in [2.05, 4.69) is 29.0 Å². The minimum absolute atomic E-state index is 0.173. The molecule has 1 amide bonds. The molecule has 0 aliphatic heterocycles. The average Bonchev–Trinajstić information content (AvgIpc) is 2.95. The van der Waals surface area contributed by atoms with Gasteiger partial charge in [0.2, 0.25) is 17.7 Å². The van der Waals surface area contributed by atoms with Gasteiger partial charge in [-0.1, -0.05) is 25.0 Å². The second-order valence-corrected chi connectivity index (χ2v) is 12.2. The number of hydrogen-bond donors (Lipinski definition) is 0. The number of anilines is 1. The molecule has 2 bridgehead atoms. The smallest absolute Gasteiger partial charge is 0.249 e. The molecule has 3 saturated carbocycles. The van der Waals surface area contributed by atoms with Gasteiger partial charge in [-0.25, -0.2) is 13.8 Å². The van der Waals surface area contributed by atoms with E-state index in [1.807, 2.05) is 47.5 Å². The topological polar surface area (TPSA) is 55.3 Å². The molecule has 3 aromatic rings. The zero-order valence-electron chi connectivity index (χ0n) is 23.3. The van der Waals surface area contributed by atoms with Gasteiger partial charge in [-0.05, 0) is 96.9 Å². The number of carbonyl (C=O) groups excluding carboxylic acids is 1. The van der Waals surface area contributed by atoms with Crippen molar-refractivity contribution in [2.75, 3.05) is 18.6 Å². The molecule has 1 aromatic carbocycles. The largest absolute Gasteiger partial charge is 0.481 e. The number of aryl methyl sites for hydroxylation is 1. The number of fused-ring (bicyclic) bond motifs is 2. The van der Waals surface area contributed by atoms with Crippen LogP contribution in [-0.4, -0.2) is 35.5 Å². The first-order valence-electron chi connectivity index (χ1n) is 14.5. The molecule has 0 spiro atoms. The van der Waals surface area contributed by atoms with Crippen molar-refractivity contribution in [1.82, 2.24) is 9.97 Å². The summed E-state index contributed by atoms with van der Waals surface area (Å²) in [5, 5.41) is 0. The van der Waals surface area contributed by atoms with E-state index >= 15 is 0 Å². The highest BCUT2D eigenvalue weighted by Crippen LogP contribution is 2.53. The van der Waals surface area contributed by atoms with Gasteiger partial charge in [0, 0.05) is 55.1 Å². The third kappa shape index (κ3) is 5.23. The molecule has 5 nitrogen and oxygen atoms in total. The fourth-order valence-corrected chi connectivity index (χ4v) is 7.43. The number of carbonyl (C=O) groups is 1. The SMILES string of the molecule is COc1cc(-c2cccc(N(CC3CCC4(c5ccnc(C)c5)CCCC3C4)C(=O)C3CC(F)(F)C3)c2)ccn1. The minimum Gasteiger partial charge on any atom is -0.481 e. The quantitative estimate of drug-likeness (QED) is 0.311. The summed E-state index contributed by atoms with van der Waals surface area (Å²) in [6.45, 7) is 2.62. The summed E-state index contributed by atoms with van der Waals surface area (Å²) in [5.74, 6) is -2.19. The highest BCUT2D eigenvalue weighted by molar-refractivity contribution is 5.96. The van der Waals surface area contributed by atoms with Gasteiger partial charge < -0.3 is 9.64 Å². The van der Waals surface area contributed by atoms with Crippen LogP contribution in [0.15, 0.2) is 60.9 Å². The lowest BCUT2D eigenvalue weighted by Gasteiger charge is -2.50. The van der Waals surface area contributed by atoms with E-state index in [4.69, 9.17) is 4.74 Å². The molecule has 3 aliphatic carbocycles. The zero-order valence-corrected chi connectivity index (χ0v) is 23.3. The maximum Gasteiger partial charge on any atom is 0.249 e. The Balaban J connectivity index is 1.28. The fraction of sp³-hybridized carbons (Fsp3) is 0.485. The van der Waals surface area contributed by atoms with Gasteiger partial charge in [-0.3, -0.25) is 9.78 Å². The van der Waals surface area contributed by atoms with E-state index in [-0.39, 0.29) is 24.2 Å². The van der Waals surface area contributed by atoms with Crippen molar-refractivity contribution in [3.8, 4) is 17.0 Å². The van der Waals surface area contributed by atoms with Crippen LogP contribution in [0.1, 0.15) is 62.6 Å². The first-order chi connectivity index (χ1) is 19.2. The number of aromatic nitrogens is 2. The standard InChI is InChI=1S/C33H37F2N3O2/c1-22-15-28(10-14-36-22)32-11-4-6-25(18-32)26(8-12-32)21-38(31(39)27-19-33(34,35)20-27)29-7-3-5-23(16-29)24-9-13-37-30(17-24)40-2/h3,5,7,9-10,13-17,25-27H,4,6,8,11-12,18-21H2,1-2H3. The summed E-state index contributed by atoms with van der Waals surface area (Å²) in [5.41, 5.74) is 5.26. The van der Waals surface area contributed by atoms with Crippen LogP contribution in [0.25, 0.3) is 11.1 Å². The Morgan fingerprint density at radius 2 is 1.80 bits per heavy atom. The van der Waals surface area contributed by atoms with Crippen molar-refractivity contribution in [3.05, 3.63) is 72.2 Å². The van der Waals surface area contributed by atoms with Gasteiger partial charge in [0.15, 0.2) is 0 Å². The number of rotatable bonds is 7. The Labute approximate surface area is 235 Å². The van der Waals surface area contributed by atoms with Crippen LogP contribution in [-0.2, 0) is 10.2 Å². The maximum atomic E-state index is 13.8. The molecule has 3 unspecified atom stereocenters. The molecule has 210 valence electrons. The van der Waals surface area contributed by atoms with Gasteiger partial charge in [0.1, 0.15) is 0 Å². The van der Waals surface area contributed by atoms with Crippen molar-refractivity contribution < 1.29 is 18.3 Å². The van der Waals surface area contributed by atoms with Crippen LogP contribution in [0.4, 0.5) is 14.5 Å². The summed E-state index contributed by atoms with van der Waals surface area (Å²) in [6, 6.07) is 16.1. The summed E-state index contributed by atoms with van der Waals surface area (Å²) in [7, 11) is 1.58. The van der Waals surface area contributed by atoms with E-state index in [9.17, 15) is 13.6 Å². The Morgan fingerprint density at radius 1 is 1.00 bits per heavy atom. The number of amides is 1. The highest BCUT2D eigenvalue weighted by atomic mass is 19.3. The van der Waals surface area contributed by atoms with E-state index in [1.165, 1.54) is 18.4 Å². The van der Waals surface area contributed by atoms with Crippen LogP contribution in [0, 0.1) is 24.7 Å². The second-order valence-electron chi connectivity index (χ2n) is 12.2. The van der Waals surface area contributed by atoms with Crippen LogP contribution >= 0.6 is 0 Å². The molecule has 2 aromatic heterocycles. The Morgan fingerprint density at radius 3 is 2.58 bits per heavy atom. The van der Waals surface area contributed by atoms with Crippen molar-refractivity contribution in [2.24, 2.45) is 17.8 Å².